The molecule has 2 unspecified atom stereocenters. The van der Waals surface area contributed by atoms with E-state index in [-0.39, 0.29) is 24.8 Å². The van der Waals surface area contributed by atoms with Crippen LogP contribution in [0.1, 0.15) is 31.7 Å². The summed E-state index contributed by atoms with van der Waals surface area (Å²) in [6.07, 6.45) is 1.69. The zero-order chi connectivity index (χ0) is 20.6. The van der Waals surface area contributed by atoms with Crippen LogP contribution < -0.4 is 11.1 Å². The molecule has 1 heterocycles. The zero-order valence-electron chi connectivity index (χ0n) is 16.5. The summed E-state index contributed by atoms with van der Waals surface area (Å²) in [5.74, 6) is -1.26. The van der Waals surface area contributed by atoms with Crippen molar-refractivity contribution in [1.29, 1.82) is 0 Å². The third-order valence-electron chi connectivity index (χ3n) is 5.15. The summed E-state index contributed by atoms with van der Waals surface area (Å²) in [7, 11) is 1.27. The average molecular weight is 391 g/mol. The monoisotopic (exact) mass is 391 g/mol. The van der Waals surface area contributed by atoms with Gasteiger partial charge < -0.3 is 20.5 Å². The van der Waals surface area contributed by atoms with Crippen LogP contribution in [0.2, 0.25) is 0 Å². The molecule has 0 spiro atoms. The van der Waals surface area contributed by atoms with E-state index in [1.54, 1.807) is 6.92 Å². The maximum atomic E-state index is 12.3. The molecule has 8 nitrogen and oxygen atoms in total. The maximum absolute atomic E-state index is 12.3. The molecular weight excluding hydrogens is 362 g/mol. The van der Waals surface area contributed by atoms with E-state index in [1.807, 2.05) is 35.2 Å². The fourth-order valence-electron chi connectivity index (χ4n) is 3.34. The van der Waals surface area contributed by atoms with Gasteiger partial charge in [0.25, 0.3) is 0 Å². The first-order valence-electron chi connectivity index (χ1n) is 9.40. The van der Waals surface area contributed by atoms with Crippen LogP contribution in [-0.2, 0) is 30.5 Å². The van der Waals surface area contributed by atoms with Crippen molar-refractivity contribution in [2.75, 3.05) is 26.8 Å². The number of carbonyl (C=O) groups excluding carboxylic acids is 3. The van der Waals surface area contributed by atoms with Gasteiger partial charge in [0.2, 0.25) is 11.8 Å². The molecule has 0 saturated carbocycles. The third-order valence-corrected chi connectivity index (χ3v) is 5.15. The van der Waals surface area contributed by atoms with E-state index in [1.165, 1.54) is 7.11 Å². The molecule has 0 aromatic heterocycles. The number of rotatable bonds is 10. The van der Waals surface area contributed by atoms with Gasteiger partial charge in [-0.05, 0) is 31.9 Å². The molecular formula is C20H29N3O5. The molecule has 2 rings (SSSR count). The second kappa shape index (κ2) is 10.2. The van der Waals surface area contributed by atoms with Gasteiger partial charge in [-0.3, -0.25) is 14.5 Å². The van der Waals surface area contributed by atoms with Crippen molar-refractivity contribution in [2.45, 2.75) is 44.4 Å². The SMILES string of the molecule is COC(=O)C(COCc1ccccc1)NC(=O)CCN1CCCC1(C)C(N)=O. The second-order valence-electron chi connectivity index (χ2n) is 7.12. The number of ether oxygens (including phenoxy) is 2. The Morgan fingerprint density at radius 2 is 2.00 bits per heavy atom. The van der Waals surface area contributed by atoms with Crippen LogP contribution in [0.5, 0.6) is 0 Å². The Morgan fingerprint density at radius 1 is 1.29 bits per heavy atom. The van der Waals surface area contributed by atoms with Crippen LogP contribution in [-0.4, -0.2) is 61.1 Å². The van der Waals surface area contributed by atoms with Crippen LogP contribution in [0.15, 0.2) is 30.3 Å². The highest BCUT2D eigenvalue weighted by Crippen LogP contribution is 2.28. The number of likely N-dealkylation sites (tertiary alicyclic amines) is 1. The van der Waals surface area contributed by atoms with E-state index in [0.29, 0.717) is 26.1 Å². The molecule has 1 aromatic carbocycles. The molecule has 1 aromatic rings. The molecule has 8 heteroatoms. The van der Waals surface area contributed by atoms with Gasteiger partial charge in [-0.25, -0.2) is 4.79 Å². The van der Waals surface area contributed by atoms with E-state index in [9.17, 15) is 14.4 Å². The molecule has 0 aliphatic carbocycles. The summed E-state index contributed by atoms with van der Waals surface area (Å²) in [4.78, 5) is 37.9. The van der Waals surface area contributed by atoms with E-state index in [2.05, 4.69) is 5.32 Å². The van der Waals surface area contributed by atoms with Crippen LogP contribution in [0.4, 0.5) is 0 Å². The van der Waals surface area contributed by atoms with E-state index in [0.717, 1.165) is 12.0 Å². The Bertz CT molecular complexity index is 682. The van der Waals surface area contributed by atoms with Crippen molar-refractivity contribution in [3.63, 3.8) is 0 Å². The number of nitrogens with one attached hydrogen (secondary N) is 1. The smallest absolute Gasteiger partial charge is 0.330 e. The van der Waals surface area contributed by atoms with Crippen LogP contribution in [0, 0.1) is 0 Å². The number of nitrogens with two attached hydrogens (primary N) is 1. The lowest BCUT2D eigenvalue weighted by Crippen LogP contribution is -2.52. The second-order valence-corrected chi connectivity index (χ2v) is 7.12. The molecule has 1 fully saturated rings. The molecule has 2 amide bonds. The Hall–Kier alpha value is -2.45. The van der Waals surface area contributed by atoms with Gasteiger partial charge in [0, 0.05) is 13.0 Å². The van der Waals surface area contributed by atoms with Gasteiger partial charge in [0.05, 0.1) is 25.9 Å². The number of hydrogen-bond acceptors (Lipinski definition) is 6. The number of carbonyl (C=O) groups is 3. The molecule has 0 radical (unpaired) electrons. The summed E-state index contributed by atoms with van der Waals surface area (Å²) < 4.78 is 10.3. The number of amides is 2. The van der Waals surface area contributed by atoms with Crippen molar-refractivity contribution in [3.05, 3.63) is 35.9 Å². The first-order valence-corrected chi connectivity index (χ1v) is 9.40. The first-order chi connectivity index (χ1) is 13.4. The van der Waals surface area contributed by atoms with E-state index < -0.39 is 17.6 Å². The Balaban J connectivity index is 1.83. The van der Waals surface area contributed by atoms with Gasteiger partial charge in [0.1, 0.15) is 0 Å². The minimum absolute atomic E-state index is 0.00994. The maximum Gasteiger partial charge on any atom is 0.330 e. The van der Waals surface area contributed by atoms with Crippen molar-refractivity contribution in [2.24, 2.45) is 5.73 Å². The Labute approximate surface area is 165 Å². The lowest BCUT2D eigenvalue weighted by molar-refractivity contribution is -0.147. The van der Waals surface area contributed by atoms with Gasteiger partial charge in [0.15, 0.2) is 6.04 Å². The molecule has 154 valence electrons. The predicted molar refractivity (Wildman–Crippen MR) is 103 cm³/mol. The quantitative estimate of drug-likeness (QED) is 0.565. The largest absolute Gasteiger partial charge is 0.467 e. The molecule has 1 saturated heterocycles. The summed E-state index contributed by atoms with van der Waals surface area (Å²) in [6.45, 7) is 3.25. The fraction of sp³-hybridized carbons (Fsp3) is 0.550. The predicted octanol–water partition coefficient (Wildman–Crippen LogP) is 0.591. The normalized spacial score (nSPS) is 20.5. The van der Waals surface area contributed by atoms with Gasteiger partial charge in [-0.2, -0.15) is 0 Å². The van der Waals surface area contributed by atoms with Crippen LogP contribution in [0.25, 0.3) is 0 Å². The Morgan fingerprint density at radius 3 is 2.64 bits per heavy atom. The summed E-state index contributed by atoms with van der Waals surface area (Å²) in [6, 6.07) is 8.65. The first kappa shape index (κ1) is 21.8. The number of methoxy groups -OCH3 is 1. The number of hydrogen-bond donors (Lipinski definition) is 2. The van der Waals surface area contributed by atoms with Crippen LogP contribution in [0.3, 0.4) is 0 Å². The summed E-state index contributed by atoms with van der Waals surface area (Å²) >= 11 is 0. The van der Waals surface area contributed by atoms with Crippen molar-refractivity contribution in [3.8, 4) is 0 Å². The van der Waals surface area contributed by atoms with Gasteiger partial charge in [-0.1, -0.05) is 30.3 Å². The Kier molecular flexibility index (Phi) is 7.95. The standard InChI is InChI=1S/C20H29N3O5/c1-20(19(21)26)10-6-11-23(20)12-9-17(24)22-16(18(25)27-2)14-28-13-15-7-4-3-5-8-15/h3-5,7-8,16H,6,9-14H2,1-2H3,(H2,21,26)(H,22,24). The zero-order valence-corrected chi connectivity index (χ0v) is 16.5. The van der Waals surface area contributed by atoms with E-state index >= 15 is 0 Å². The lowest BCUT2D eigenvalue weighted by atomic mass is 9.98. The minimum atomic E-state index is -0.887. The molecule has 0 bridgehead atoms. The van der Waals surface area contributed by atoms with Crippen LogP contribution >= 0.6 is 0 Å². The molecule has 3 N–H and O–H groups in total. The lowest BCUT2D eigenvalue weighted by Gasteiger charge is -2.32. The molecule has 28 heavy (non-hydrogen) atoms. The number of primary amides is 1. The van der Waals surface area contributed by atoms with E-state index in [4.69, 9.17) is 15.2 Å². The fourth-order valence-corrected chi connectivity index (χ4v) is 3.34. The summed E-state index contributed by atoms with van der Waals surface area (Å²) in [5, 5.41) is 2.65. The minimum Gasteiger partial charge on any atom is -0.467 e. The number of benzene rings is 1. The van der Waals surface area contributed by atoms with Gasteiger partial charge in [-0.15, -0.1) is 0 Å². The number of nitrogens with zero attached hydrogens (tertiary/aromatic N) is 1. The molecule has 1 aliphatic heterocycles. The topological polar surface area (TPSA) is 111 Å². The van der Waals surface area contributed by atoms with Crippen molar-refractivity contribution < 1.29 is 23.9 Å². The van der Waals surface area contributed by atoms with Gasteiger partial charge >= 0.3 is 5.97 Å². The van der Waals surface area contributed by atoms with Crippen molar-refractivity contribution in [1.82, 2.24) is 10.2 Å². The highest BCUT2D eigenvalue weighted by Gasteiger charge is 2.41. The average Bonchev–Trinajstić information content (AvgIpc) is 3.08. The molecule has 2 atom stereocenters. The highest BCUT2D eigenvalue weighted by atomic mass is 16.5. The number of esters is 1. The summed E-state index contributed by atoms with van der Waals surface area (Å²) in [5.41, 5.74) is 5.76. The third kappa shape index (κ3) is 5.77. The highest BCUT2D eigenvalue weighted by molar-refractivity contribution is 5.85. The molecule has 1 aliphatic rings. The van der Waals surface area contributed by atoms with Crippen molar-refractivity contribution >= 4 is 17.8 Å².